The van der Waals surface area contributed by atoms with Gasteiger partial charge in [0.25, 0.3) is 0 Å². The molecule has 0 saturated heterocycles. The first-order valence-corrected chi connectivity index (χ1v) is 7.64. The predicted molar refractivity (Wildman–Crippen MR) is 75.5 cm³/mol. The summed E-state index contributed by atoms with van der Waals surface area (Å²) in [6.07, 6.45) is 12.8. The van der Waals surface area contributed by atoms with Gasteiger partial charge in [-0.15, -0.1) is 0 Å². The van der Waals surface area contributed by atoms with Gasteiger partial charge in [0.1, 0.15) is 0 Å². The topological polar surface area (TPSA) is 29.9 Å². The van der Waals surface area contributed by atoms with E-state index in [2.05, 4.69) is 28.1 Å². The highest BCUT2D eigenvalue weighted by Crippen LogP contribution is 2.17. The first kappa shape index (κ1) is 13.6. The molecule has 1 N–H and O–H groups in total. The van der Waals surface area contributed by atoms with Gasteiger partial charge in [0.05, 0.1) is 5.69 Å². The van der Waals surface area contributed by atoms with Crippen LogP contribution in [0.2, 0.25) is 0 Å². The summed E-state index contributed by atoms with van der Waals surface area (Å²) in [7, 11) is 0. The Bertz CT molecular complexity index is 324. The molecule has 0 spiro atoms. The van der Waals surface area contributed by atoms with E-state index in [1.807, 2.05) is 6.20 Å². The minimum atomic E-state index is 0.718. The number of rotatable bonds is 5. The third-order valence-corrected chi connectivity index (χ3v) is 3.92. The van der Waals surface area contributed by atoms with Gasteiger partial charge in [-0.3, -0.25) is 4.68 Å². The van der Waals surface area contributed by atoms with Crippen LogP contribution in [0.3, 0.4) is 0 Å². The van der Waals surface area contributed by atoms with Crippen LogP contribution in [-0.2, 0) is 13.1 Å². The molecule has 0 amide bonds. The summed E-state index contributed by atoms with van der Waals surface area (Å²) >= 11 is 0. The van der Waals surface area contributed by atoms with Crippen molar-refractivity contribution in [3.63, 3.8) is 0 Å². The maximum absolute atomic E-state index is 4.38. The van der Waals surface area contributed by atoms with E-state index in [4.69, 9.17) is 0 Å². The van der Waals surface area contributed by atoms with Crippen molar-refractivity contribution in [2.24, 2.45) is 0 Å². The standard InChI is InChI=1S/C15H27N3/c1-2-12-18-15(10-11-17-18)13-16-14-8-6-4-3-5-7-9-14/h10-11,14,16H,2-9,12-13H2,1H3. The van der Waals surface area contributed by atoms with Crippen LogP contribution in [0.25, 0.3) is 0 Å². The fraction of sp³-hybridized carbons (Fsp3) is 0.800. The molecule has 0 aliphatic heterocycles. The van der Waals surface area contributed by atoms with Crippen LogP contribution in [0.5, 0.6) is 0 Å². The SMILES string of the molecule is CCCn1nccc1CNC1CCCCCCC1. The highest BCUT2D eigenvalue weighted by atomic mass is 15.3. The average molecular weight is 249 g/mol. The molecule has 1 fully saturated rings. The van der Waals surface area contributed by atoms with Crippen molar-refractivity contribution in [1.29, 1.82) is 0 Å². The zero-order valence-electron chi connectivity index (χ0n) is 11.7. The van der Waals surface area contributed by atoms with Crippen LogP contribution >= 0.6 is 0 Å². The van der Waals surface area contributed by atoms with E-state index >= 15 is 0 Å². The zero-order valence-corrected chi connectivity index (χ0v) is 11.7. The summed E-state index contributed by atoms with van der Waals surface area (Å²) in [6.45, 7) is 4.22. The van der Waals surface area contributed by atoms with E-state index in [0.717, 1.165) is 25.6 Å². The van der Waals surface area contributed by atoms with Gasteiger partial charge in [-0.25, -0.2) is 0 Å². The second-order valence-corrected chi connectivity index (χ2v) is 5.47. The van der Waals surface area contributed by atoms with E-state index in [-0.39, 0.29) is 0 Å². The largest absolute Gasteiger partial charge is 0.308 e. The van der Waals surface area contributed by atoms with E-state index in [1.165, 1.54) is 50.6 Å². The lowest BCUT2D eigenvalue weighted by atomic mass is 9.97. The quantitative estimate of drug-likeness (QED) is 0.865. The Balaban J connectivity index is 1.80. The van der Waals surface area contributed by atoms with Crippen LogP contribution in [0.1, 0.15) is 64.0 Å². The Kier molecular flexibility index (Phi) is 5.72. The summed E-state index contributed by atoms with van der Waals surface area (Å²) in [5.74, 6) is 0. The van der Waals surface area contributed by atoms with Crippen molar-refractivity contribution in [2.75, 3.05) is 0 Å². The normalized spacial score (nSPS) is 18.5. The highest BCUT2D eigenvalue weighted by Gasteiger charge is 2.11. The highest BCUT2D eigenvalue weighted by molar-refractivity contribution is 5.00. The molecular weight excluding hydrogens is 222 g/mol. The summed E-state index contributed by atoms with van der Waals surface area (Å²) in [6, 6.07) is 2.86. The number of aromatic nitrogens is 2. The number of hydrogen-bond acceptors (Lipinski definition) is 2. The number of nitrogens with one attached hydrogen (secondary N) is 1. The molecule has 1 aliphatic rings. The Morgan fingerprint density at radius 3 is 2.67 bits per heavy atom. The minimum Gasteiger partial charge on any atom is -0.308 e. The van der Waals surface area contributed by atoms with Crippen molar-refractivity contribution >= 4 is 0 Å². The van der Waals surface area contributed by atoms with Gasteiger partial charge < -0.3 is 5.32 Å². The fourth-order valence-corrected chi connectivity index (χ4v) is 2.83. The average Bonchev–Trinajstić information content (AvgIpc) is 2.76. The number of nitrogens with zero attached hydrogens (tertiary/aromatic N) is 2. The third-order valence-electron chi connectivity index (χ3n) is 3.92. The Hall–Kier alpha value is -0.830. The molecule has 3 heteroatoms. The van der Waals surface area contributed by atoms with Gasteiger partial charge in [0.2, 0.25) is 0 Å². The first-order valence-electron chi connectivity index (χ1n) is 7.64. The molecule has 0 atom stereocenters. The van der Waals surface area contributed by atoms with Gasteiger partial charge in [0, 0.05) is 25.3 Å². The van der Waals surface area contributed by atoms with Crippen molar-refractivity contribution < 1.29 is 0 Å². The van der Waals surface area contributed by atoms with Crippen molar-refractivity contribution in [3.8, 4) is 0 Å². The number of hydrogen-bond donors (Lipinski definition) is 1. The molecule has 1 aliphatic carbocycles. The molecule has 1 saturated carbocycles. The van der Waals surface area contributed by atoms with Crippen molar-refractivity contribution in [2.45, 2.75) is 77.4 Å². The monoisotopic (exact) mass is 249 g/mol. The third kappa shape index (κ3) is 4.13. The molecule has 0 aromatic carbocycles. The van der Waals surface area contributed by atoms with E-state index in [1.54, 1.807) is 0 Å². The molecule has 1 aromatic heterocycles. The lowest BCUT2D eigenvalue weighted by molar-refractivity contribution is 0.383. The fourth-order valence-electron chi connectivity index (χ4n) is 2.83. The summed E-state index contributed by atoms with van der Waals surface area (Å²) < 4.78 is 2.13. The van der Waals surface area contributed by atoms with E-state index in [9.17, 15) is 0 Å². The van der Waals surface area contributed by atoms with Gasteiger partial charge in [-0.2, -0.15) is 5.10 Å². The maximum Gasteiger partial charge on any atom is 0.0522 e. The molecule has 18 heavy (non-hydrogen) atoms. The Morgan fingerprint density at radius 2 is 1.94 bits per heavy atom. The van der Waals surface area contributed by atoms with Crippen molar-refractivity contribution in [3.05, 3.63) is 18.0 Å². The van der Waals surface area contributed by atoms with Crippen LogP contribution in [0.15, 0.2) is 12.3 Å². The smallest absolute Gasteiger partial charge is 0.0522 e. The molecule has 0 bridgehead atoms. The van der Waals surface area contributed by atoms with Gasteiger partial charge >= 0.3 is 0 Å². The first-order chi connectivity index (χ1) is 8.90. The van der Waals surface area contributed by atoms with Gasteiger partial charge in [0.15, 0.2) is 0 Å². The van der Waals surface area contributed by atoms with Crippen LogP contribution in [-0.4, -0.2) is 15.8 Å². The van der Waals surface area contributed by atoms with Crippen molar-refractivity contribution in [1.82, 2.24) is 15.1 Å². The molecule has 2 rings (SSSR count). The van der Waals surface area contributed by atoms with Crippen LogP contribution in [0.4, 0.5) is 0 Å². The Labute approximate surface area is 111 Å². The number of aryl methyl sites for hydroxylation is 1. The predicted octanol–water partition coefficient (Wildman–Crippen LogP) is 3.50. The summed E-state index contributed by atoms with van der Waals surface area (Å²) in [5.41, 5.74) is 1.33. The van der Waals surface area contributed by atoms with Crippen LogP contribution < -0.4 is 5.32 Å². The van der Waals surface area contributed by atoms with Crippen LogP contribution in [0, 0.1) is 0 Å². The van der Waals surface area contributed by atoms with E-state index in [0.29, 0.717) is 0 Å². The Morgan fingerprint density at radius 1 is 1.22 bits per heavy atom. The second kappa shape index (κ2) is 7.57. The maximum atomic E-state index is 4.38. The van der Waals surface area contributed by atoms with E-state index < -0.39 is 0 Å². The molecular formula is C15H27N3. The molecule has 0 radical (unpaired) electrons. The molecule has 0 unspecified atom stereocenters. The molecule has 102 valence electrons. The molecule has 3 nitrogen and oxygen atoms in total. The minimum absolute atomic E-state index is 0.718. The summed E-state index contributed by atoms with van der Waals surface area (Å²) in [4.78, 5) is 0. The molecule has 1 heterocycles. The second-order valence-electron chi connectivity index (χ2n) is 5.47. The zero-order chi connectivity index (χ0) is 12.6. The van der Waals surface area contributed by atoms with Gasteiger partial charge in [-0.1, -0.05) is 39.0 Å². The lowest BCUT2D eigenvalue weighted by Gasteiger charge is -2.21. The summed E-state index contributed by atoms with van der Waals surface area (Å²) in [5, 5.41) is 8.11. The lowest BCUT2D eigenvalue weighted by Crippen LogP contribution is -2.30. The van der Waals surface area contributed by atoms with Gasteiger partial charge in [-0.05, 0) is 25.3 Å². The molecule has 1 aromatic rings.